The van der Waals surface area contributed by atoms with Crippen molar-refractivity contribution in [1.29, 1.82) is 0 Å². The molecule has 3 nitrogen and oxygen atoms in total. The summed E-state index contributed by atoms with van der Waals surface area (Å²) in [6.45, 7) is 0. The number of benzene rings is 1. The van der Waals surface area contributed by atoms with Crippen molar-refractivity contribution in [3.05, 3.63) is 47.2 Å². The van der Waals surface area contributed by atoms with Crippen molar-refractivity contribution in [2.45, 2.75) is 11.1 Å². The van der Waals surface area contributed by atoms with Crippen LogP contribution >= 0.6 is 23.4 Å². The van der Waals surface area contributed by atoms with Crippen molar-refractivity contribution < 1.29 is 18.0 Å². The lowest BCUT2D eigenvalue weighted by Crippen LogP contribution is -2.14. The Kier molecular flexibility index (Phi) is 4.84. The van der Waals surface area contributed by atoms with E-state index in [1.807, 2.05) is 0 Å². The molecule has 1 aromatic heterocycles. The Balaban J connectivity index is 2.11. The second-order valence-corrected chi connectivity index (χ2v) is 5.54. The van der Waals surface area contributed by atoms with E-state index < -0.39 is 17.8 Å². The smallest absolute Gasteiger partial charge is 0.356 e. The lowest BCUT2D eigenvalue weighted by Gasteiger charge is -2.11. The van der Waals surface area contributed by atoms with E-state index in [-0.39, 0.29) is 5.69 Å². The van der Waals surface area contributed by atoms with Gasteiger partial charge in [0.05, 0.1) is 16.5 Å². The number of thioether (sulfide) groups is 1. The van der Waals surface area contributed by atoms with Gasteiger partial charge in [0.1, 0.15) is 5.69 Å². The molecule has 1 heterocycles. The van der Waals surface area contributed by atoms with Gasteiger partial charge in [0.2, 0.25) is 0 Å². The molecule has 0 fully saturated rings. The van der Waals surface area contributed by atoms with Gasteiger partial charge in [-0.2, -0.15) is 13.2 Å². The average molecular weight is 335 g/mol. The molecule has 0 aliphatic carbocycles. The highest BCUT2D eigenvalue weighted by Crippen LogP contribution is 2.32. The molecule has 0 spiro atoms. The Labute approximate surface area is 127 Å². The summed E-state index contributed by atoms with van der Waals surface area (Å²) in [6.07, 6.45) is -2.82. The minimum Gasteiger partial charge on any atom is -0.356 e. The fourth-order valence-corrected chi connectivity index (χ4v) is 2.48. The summed E-state index contributed by atoms with van der Waals surface area (Å²) in [5.74, 6) is -1.49. The largest absolute Gasteiger partial charge is 0.398 e. The van der Waals surface area contributed by atoms with E-state index in [0.717, 1.165) is 0 Å². The summed E-state index contributed by atoms with van der Waals surface area (Å²) in [6, 6.07) is 7.74. The molecule has 1 amide bonds. The number of aromatic amines is 1. The number of carbonyl (C=O) groups is 1. The number of hydrogen-bond acceptors (Lipinski definition) is 2. The van der Waals surface area contributed by atoms with E-state index in [1.165, 1.54) is 18.3 Å². The minimum atomic E-state index is -4.27. The second kappa shape index (κ2) is 6.44. The molecule has 2 N–H and O–H groups in total. The van der Waals surface area contributed by atoms with Gasteiger partial charge in [-0.3, -0.25) is 4.79 Å². The van der Waals surface area contributed by atoms with E-state index in [0.29, 0.717) is 27.4 Å². The van der Waals surface area contributed by atoms with Gasteiger partial charge in [0.25, 0.3) is 5.91 Å². The molecule has 112 valence electrons. The van der Waals surface area contributed by atoms with E-state index in [9.17, 15) is 18.0 Å². The van der Waals surface area contributed by atoms with Gasteiger partial charge >= 0.3 is 6.18 Å². The van der Waals surface area contributed by atoms with Crippen LogP contribution in [0, 0.1) is 0 Å². The van der Waals surface area contributed by atoms with Crippen molar-refractivity contribution in [3.8, 4) is 0 Å². The molecular formula is C13H10ClF3N2OS. The molecule has 0 aliphatic rings. The highest BCUT2D eigenvalue weighted by Gasteiger charge is 2.27. The van der Waals surface area contributed by atoms with Crippen LogP contribution in [-0.4, -0.2) is 22.8 Å². The SMILES string of the molecule is O=C(Nc1ccccc1SCC(F)(F)F)c1cc(Cl)c[nH]1. The first-order chi connectivity index (χ1) is 9.85. The first-order valence-electron chi connectivity index (χ1n) is 5.79. The monoisotopic (exact) mass is 334 g/mol. The molecule has 0 saturated carbocycles. The maximum atomic E-state index is 12.3. The molecule has 2 aromatic rings. The maximum absolute atomic E-state index is 12.3. The third-order valence-electron chi connectivity index (χ3n) is 2.42. The first kappa shape index (κ1) is 15.8. The predicted molar refractivity (Wildman–Crippen MR) is 77.0 cm³/mol. The molecule has 0 atom stereocenters. The number of rotatable bonds is 4. The van der Waals surface area contributed by atoms with Gasteiger partial charge in [-0.05, 0) is 18.2 Å². The summed E-state index contributed by atoms with van der Waals surface area (Å²) in [5, 5.41) is 2.93. The molecule has 2 rings (SSSR count). The molecule has 8 heteroatoms. The zero-order chi connectivity index (χ0) is 15.5. The molecule has 0 bridgehead atoms. The Morgan fingerprint density at radius 2 is 2.05 bits per heavy atom. The van der Waals surface area contributed by atoms with Crippen LogP contribution in [0.2, 0.25) is 5.02 Å². The summed E-state index contributed by atoms with van der Waals surface area (Å²) in [5.41, 5.74) is 0.554. The Bertz CT molecular complexity index is 642. The van der Waals surface area contributed by atoms with E-state index in [4.69, 9.17) is 11.6 Å². The first-order valence-corrected chi connectivity index (χ1v) is 7.15. The van der Waals surface area contributed by atoms with Crippen LogP contribution < -0.4 is 5.32 Å². The van der Waals surface area contributed by atoms with E-state index in [2.05, 4.69) is 10.3 Å². The fourth-order valence-electron chi connectivity index (χ4n) is 1.54. The molecular weight excluding hydrogens is 325 g/mol. The normalized spacial score (nSPS) is 11.4. The highest BCUT2D eigenvalue weighted by molar-refractivity contribution is 7.99. The molecule has 21 heavy (non-hydrogen) atoms. The number of amides is 1. The third-order valence-corrected chi connectivity index (χ3v) is 3.78. The van der Waals surface area contributed by atoms with Gasteiger partial charge in [-0.1, -0.05) is 23.7 Å². The van der Waals surface area contributed by atoms with Crippen molar-refractivity contribution in [3.63, 3.8) is 0 Å². The van der Waals surface area contributed by atoms with Crippen LogP contribution in [0.1, 0.15) is 10.5 Å². The number of anilines is 1. The van der Waals surface area contributed by atoms with Gasteiger partial charge < -0.3 is 10.3 Å². The standard InChI is InChI=1S/C13H10ClF3N2OS/c14-8-5-10(18-6-8)12(20)19-9-3-1-2-4-11(9)21-7-13(15,16)17/h1-6,18H,7H2,(H,19,20). The van der Waals surface area contributed by atoms with Crippen LogP contribution in [-0.2, 0) is 0 Å². The van der Waals surface area contributed by atoms with Gasteiger partial charge in [-0.25, -0.2) is 0 Å². The van der Waals surface area contributed by atoms with Gasteiger partial charge in [-0.15, -0.1) is 11.8 Å². The summed E-state index contributed by atoms with van der Waals surface area (Å²) in [4.78, 5) is 15.0. The maximum Gasteiger partial charge on any atom is 0.398 e. The molecule has 0 radical (unpaired) electrons. The Morgan fingerprint density at radius 1 is 1.33 bits per heavy atom. The number of H-pyrrole nitrogens is 1. The molecule has 0 unspecified atom stereocenters. The molecule has 0 saturated heterocycles. The van der Waals surface area contributed by atoms with Crippen LogP contribution in [0.5, 0.6) is 0 Å². The zero-order valence-electron chi connectivity index (χ0n) is 10.5. The van der Waals surface area contributed by atoms with E-state index in [1.54, 1.807) is 18.2 Å². The van der Waals surface area contributed by atoms with Crippen LogP contribution in [0.4, 0.5) is 18.9 Å². The highest BCUT2D eigenvalue weighted by atomic mass is 35.5. The lowest BCUT2D eigenvalue weighted by atomic mass is 10.3. The summed E-state index contributed by atoms with van der Waals surface area (Å²) >= 11 is 6.32. The fraction of sp³-hybridized carbons (Fsp3) is 0.154. The number of para-hydroxylation sites is 1. The minimum absolute atomic E-state index is 0.232. The summed E-state index contributed by atoms with van der Waals surface area (Å²) < 4.78 is 36.8. The van der Waals surface area contributed by atoms with Gasteiger partial charge in [0, 0.05) is 11.1 Å². The van der Waals surface area contributed by atoms with Crippen LogP contribution in [0.25, 0.3) is 0 Å². The number of alkyl halides is 3. The van der Waals surface area contributed by atoms with E-state index >= 15 is 0 Å². The number of nitrogens with one attached hydrogen (secondary N) is 2. The lowest BCUT2D eigenvalue weighted by molar-refractivity contribution is -0.105. The Morgan fingerprint density at radius 3 is 2.67 bits per heavy atom. The van der Waals surface area contributed by atoms with Crippen molar-refractivity contribution >= 4 is 35.0 Å². The van der Waals surface area contributed by atoms with Gasteiger partial charge in [0.15, 0.2) is 0 Å². The third kappa shape index (κ3) is 4.71. The quantitative estimate of drug-likeness (QED) is 0.804. The second-order valence-electron chi connectivity index (χ2n) is 4.09. The predicted octanol–water partition coefficient (Wildman–Crippen LogP) is 4.57. The molecule has 0 aliphatic heterocycles. The Hall–Kier alpha value is -1.60. The van der Waals surface area contributed by atoms with Crippen molar-refractivity contribution in [2.24, 2.45) is 0 Å². The van der Waals surface area contributed by atoms with Crippen molar-refractivity contribution in [2.75, 3.05) is 11.1 Å². The summed E-state index contributed by atoms with van der Waals surface area (Å²) in [7, 11) is 0. The molecule has 1 aromatic carbocycles. The topological polar surface area (TPSA) is 44.9 Å². The van der Waals surface area contributed by atoms with Crippen molar-refractivity contribution in [1.82, 2.24) is 4.98 Å². The number of hydrogen-bond donors (Lipinski definition) is 2. The number of halogens is 4. The zero-order valence-corrected chi connectivity index (χ0v) is 12.1. The number of carbonyl (C=O) groups excluding carboxylic acids is 1. The van der Waals surface area contributed by atoms with Crippen LogP contribution in [0.15, 0.2) is 41.4 Å². The van der Waals surface area contributed by atoms with Crippen LogP contribution in [0.3, 0.4) is 0 Å². The number of aromatic nitrogens is 1. The average Bonchev–Trinajstić information content (AvgIpc) is 2.83.